The molecule has 0 saturated carbocycles. The largest absolute Gasteiger partial charge is 0.382 e. The molecule has 2 aromatic heterocycles. The highest BCUT2D eigenvalue weighted by Gasteiger charge is 2.16. The second kappa shape index (κ2) is 4.45. The molecule has 2 rings (SSSR count). The van der Waals surface area contributed by atoms with E-state index in [1.54, 1.807) is 22.7 Å². The second-order valence-electron chi connectivity index (χ2n) is 2.70. The third kappa shape index (κ3) is 2.12. The molecule has 14 heavy (non-hydrogen) atoms. The van der Waals surface area contributed by atoms with Crippen molar-refractivity contribution in [1.29, 1.82) is 0 Å². The lowest BCUT2D eigenvalue weighted by Crippen LogP contribution is -1.93. The van der Waals surface area contributed by atoms with Gasteiger partial charge in [-0.1, -0.05) is 0 Å². The van der Waals surface area contributed by atoms with Crippen LogP contribution < -0.4 is 0 Å². The van der Waals surface area contributed by atoms with Crippen LogP contribution in [0.3, 0.4) is 0 Å². The molecule has 0 aliphatic rings. The lowest BCUT2D eigenvalue weighted by Gasteiger charge is -2.05. The molecule has 2 aromatic rings. The van der Waals surface area contributed by atoms with Crippen LogP contribution in [0.4, 0.5) is 0 Å². The van der Waals surface area contributed by atoms with Crippen LogP contribution in [0.25, 0.3) is 0 Å². The first kappa shape index (κ1) is 10.8. The van der Waals surface area contributed by atoms with E-state index in [4.69, 9.17) is 0 Å². The van der Waals surface area contributed by atoms with Gasteiger partial charge >= 0.3 is 0 Å². The molecular weight excluding hydrogens is 348 g/mol. The third-order valence-electron chi connectivity index (χ3n) is 1.75. The van der Waals surface area contributed by atoms with Crippen molar-refractivity contribution < 1.29 is 5.11 Å². The molecule has 1 nitrogen and oxygen atoms in total. The van der Waals surface area contributed by atoms with Gasteiger partial charge in [-0.2, -0.15) is 0 Å². The first-order chi connectivity index (χ1) is 6.68. The Morgan fingerprint density at radius 2 is 2.07 bits per heavy atom. The molecule has 5 heteroatoms. The first-order valence-electron chi connectivity index (χ1n) is 3.83. The SMILES string of the molecule is OC(c1cc(Br)cs1)c1sccc1Br. The Morgan fingerprint density at radius 1 is 1.29 bits per heavy atom. The average molecular weight is 354 g/mol. The molecule has 0 saturated heterocycles. The molecular formula is C9H6Br2OS2. The molecule has 0 radical (unpaired) electrons. The van der Waals surface area contributed by atoms with E-state index >= 15 is 0 Å². The molecule has 0 amide bonds. The van der Waals surface area contributed by atoms with E-state index in [1.165, 1.54) is 0 Å². The number of hydrogen-bond acceptors (Lipinski definition) is 3. The number of hydrogen-bond donors (Lipinski definition) is 1. The molecule has 2 heterocycles. The molecule has 74 valence electrons. The van der Waals surface area contributed by atoms with Crippen molar-refractivity contribution >= 4 is 54.5 Å². The van der Waals surface area contributed by atoms with Crippen LogP contribution in [0.5, 0.6) is 0 Å². The normalized spacial score (nSPS) is 13.1. The molecule has 1 unspecified atom stereocenters. The maximum absolute atomic E-state index is 10.0. The Morgan fingerprint density at radius 3 is 2.57 bits per heavy atom. The molecule has 0 spiro atoms. The standard InChI is InChI=1S/C9H6Br2OS2/c10-5-3-7(14-4-5)8(12)9-6(11)1-2-13-9/h1-4,8,12H. The number of rotatable bonds is 2. The van der Waals surface area contributed by atoms with E-state index in [0.717, 1.165) is 18.7 Å². The van der Waals surface area contributed by atoms with Gasteiger partial charge in [0.05, 0.1) is 4.88 Å². The van der Waals surface area contributed by atoms with Crippen molar-refractivity contribution in [2.24, 2.45) is 0 Å². The Hall–Kier alpha value is 0.320. The van der Waals surface area contributed by atoms with Gasteiger partial charge in [-0.05, 0) is 49.4 Å². The van der Waals surface area contributed by atoms with Gasteiger partial charge in [-0.3, -0.25) is 0 Å². The summed E-state index contributed by atoms with van der Waals surface area (Å²) in [5, 5.41) is 14.0. The molecule has 1 atom stereocenters. The van der Waals surface area contributed by atoms with E-state index in [0.29, 0.717) is 0 Å². The average Bonchev–Trinajstić information content (AvgIpc) is 2.73. The van der Waals surface area contributed by atoms with Crippen LogP contribution in [0.1, 0.15) is 15.9 Å². The van der Waals surface area contributed by atoms with Crippen LogP contribution in [-0.4, -0.2) is 5.11 Å². The number of thiophene rings is 2. The first-order valence-corrected chi connectivity index (χ1v) is 7.18. The predicted octanol–water partition coefficient (Wildman–Crippen LogP) is 4.42. The third-order valence-corrected chi connectivity index (χ3v) is 5.42. The fourth-order valence-corrected chi connectivity index (χ4v) is 4.20. The molecule has 1 N–H and O–H groups in total. The molecule has 0 aromatic carbocycles. The lowest BCUT2D eigenvalue weighted by molar-refractivity contribution is 0.227. The van der Waals surface area contributed by atoms with Gasteiger partial charge in [0.2, 0.25) is 0 Å². The number of aliphatic hydroxyl groups excluding tert-OH is 1. The van der Waals surface area contributed by atoms with Crippen molar-refractivity contribution in [3.05, 3.63) is 41.6 Å². The molecule has 0 fully saturated rings. The zero-order valence-electron chi connectivity index (χ0n) is 6.91. The van der Waals surface area contributed by atoms with Crippen molar-refractivity contribution in [2.45, 2.75) is 6.10 Å². The van der Waals surface area contributed by atoms with Crippen molar-refractivity contribution in [3.8, 4) is 0 Å². The van der Waals surface area contributed by atoms with Crippen molar-refractivity contribution in [1.82, 2.24) is 0 Å². The van der Waals surface area contributed by atoms with Gasteiger partial charge in [-0.25, -0.2) is 0 Å². The smallest absolute Gasteiger partial charge is 0.123 e. The zero-order valence-corrected chi connectivity index (χ0v) is 11.7. The van der Waals surface area contributed by atoms with Crippen LogP contribution in [0.15, 0.2) is 31.8 Å². The highest BCUT2D eigenvalue weighted by molar-refractivity contribution is 9.10. The molecule has 0 aliphatic heterocycles. The summed E-state index contributed by atoms with van der Waals surface area (Å²) in [6.07, 6.45) is -0.513. The van der Waals surface area contributed by atoms with Gasteiger partial charge in [0.15, 0.2) is 0 Å². The fraction of sp³-hybridized carbons (Fsp3) is 0.111. The van der Waals surface area contributed by atoms with E-state index in [-0.39, 0.29) is 0 Å². The molecule has 0 bridgehead atoms. The summed E-state index contributed by atoms with van der Waals surface area (Å²) in [6, 6.07) is 3.90. The molecule has 0 aliphatic carbocycles. The van der Waals surface area contributed by atoms with Crippen molar-refractivity contribution in [3.63, 3.8) is 0 Å². The Balaban J connectivity index is 2.33. The number of halogens is 2. The van der Waals surface area contributed by atoms with Gasteiger partial charge in [0.1, 0.15) is 6.10 Å². The predicted molar refractivity (Wildman–Crippen MR) is 68.1 cm³/mol. The summed E-state index contributed by atoms with van der Waals surface area (Å²) < 4.78 is 1.99. The quantitative estimate of drug-likeness (QED) is 0.847. The summed E-state index contributed by atoms with van der Waals surface area (Å²) in [7, 11) is 0. The lowest BCUT2D eigenvalue weighted by atomic mass is 10.2. The monoisotopic (exact) mass is 352 g/mol. The zero-order chi connectivity index (χ0) is 10.1. The summed E-state index contributed by atoms with van der Waals surface area (Å²) >= 11 is 9.90. The Bertz CT molecular complexity index is 435. The highest BCUT2D eigenvalue weighted by Crippen LogP contribution is 2.36. The van der Waals surface area contributed by atoms with Gasteiger partial charge in [0.25, 0.3) is 0 Å². The van der Waals surface area contributed by atoms with Crippen LogP contribution >= 0.6 is 54.5 Å². The minimum absolute atomic E-state index is 0.513. The van der Waals surface area contributed by atoms with E-state index < -0.39 is 6.10 Å². The maximum Gasteiger partial charge on any atom is 0.123 e. The second-order valence-corrected chi connectivity index (χ2v) is 6.36. The Kier molecular flexibility index (Phi) is 3.44. The topological polar surface area (TPSA) is 20.2 Å². The maximum atomic E-state index is 10.0. The minimum atomic E-state index is -0.513. The van der Waals surface area contributed by atoms with Crippen LogP contribution in [-0.2, 0) is 0 Å². The van der Waals surface area contributed by atoms with Gasteiger partial charge in [-0.15, -0.1) is 22.7 Å². The fourth-order valence-electron chi connectivity index (χ4n) is 1.10. The van der Waals surface area contributed by atoms with Gasteiger partial charge in [0, 0.05) is 19.2 Å². The summed E-state index contributed by atoms with van der Waals surface area (Å²) in [6.45, 7) is 0. The number of aliphatic hydroxyl groups is 1. The van der Waals surface area contributed by atoms with Crippen LogP contribution in [0.2, 0.25) is 0 Å². The summed E-state index contributed by atoms with van der Waals surface area (Å²) in [5.41, 5.74) is 0. The van der Waals surface area contributed by atoms with E-state index in [9.17, 15) is 5.11 Å². The Labute approximate surface area is 107 Å². The summed E-state index contributed by atoms with van der Waals surface area (Å²) in [5.74, 6) is 0. The highest BCUT2D eigenvalue weighted by atomic mass is 79.9. The van der Waals surface area contributed by atoms with Crippen molar-refractivity contribution in [2.75, 3.05) is 0 Å². The summed E-state index contributed by atoms with van der Waals surface area (Å²) in [4.78, 5) is 1.92. The minimum Gasteiger partial charge on any atom is -0.382 e. The van der Waals surface area contributed by atoms with Crippen LogP contribution in [0, 0.1) is 0 Å². The van der Waals surface area contributed by atoms with Gasteiger partial charge < -0.3 is 5.11 Å². The van der Waals surface area contributed by atoms with E-state index in [2.05, 4.69) is 31.9 Å². The van der Waals surface area contributed by atoms with E-state index in [1.807, 2.05) is 22.9 Å².